The zero-order valence-corrected chi connectivity index (χ0v) is 12.4. The summed E-state index contributed by atoms with van der Waals surface area (Å²) in [7, 11) is 1.94. The second kappa shape index (κ2) is 5.11. The van der Waals surface area contributed by atoms with Crippen molar-refractivity contribution in [2.75, 3.05) is 6.54 Å². The summed E-state index contributed by atoms with van der Waals surface area (Å²) in [5.41, 5.74) is 2.72. The molecule has 1 aromatic carbocycles. The summed E-state index contributed by atoms with van der Waals surface area (Å²) in [6, 6.07) is 4.97. The number of imidazole rings is 1. The lowest BCUT2D eigenvalue weighted by Gasteiger charge is -2.27. The number of fused-ring (bicyclic) bond motifs is 1. The molecule has 4 nitrogen and oxygen atoms in total. The van der Waals surface area contributed by atoms with Gasteiger partial charge in [0.25, 0.3) is 5.91 Å². The van der Waals surface area contributed by atoms with E-state index in [2.05, 4.69) is 4.98 Å². The van der Waals surface area contributed by atoms with Crippen LogP contribution in [0.4, 0.5) is 0 Å². The van der Waals surface area contributed by atoms with E-state index in [1.807, 2.05) is 16.5 Å². The molecule has 0 radical (unpaired) electrons. The van der Waals surface area contributed by atoms with Crippen LogP contribution in [0.5, 0.6) is 0 Å². The first-order valence-corrected chi connectivity index (χ1v) is 7.05. The standard InChI is InChI=1S/C14H13Cl2N3O/c1-18-8-17-12-4-5-19(7-13(12)18)14(20)9-2-3-10(15)11(16)6-9/h2-3,6,8H,4-5,7H2,1H3. The maximum Gasteiger partial charge on any atom is 0.254 e. The van der Waals surface area contributed by atoms with E-state index in [0.717, 1.165) is 17.8 Å². The lowest BCUT2D eigenvalue weighted by atomic mass is 10.1. The van der Waals surface area contributed by atoms with Crippen molar-refractivity contribution in [2.24, 2.45) is 7.05 Å². The van der Waals surface area contributed by atoms with Gasteiger partial charge in [-0.1, -0.05) is 23.2 Å². The van der Waals surface area contributed by atoms with Gasteiger partial charge < -0.3 is 9.47 Å². The van der Waals surface area contributed by atoms with Crippen LogP contribution < -0.4 is 0 Å². The summed E-state index contributed by atoms with van der Waals surface area (Å²) in [6.45, 7) is 1.24. The van der Waals surface area contributed by atoms with Crippen LogP contribution in [0, 0.1) is 0 Å². The third kappa shape index (κ3) is 2.30. The van der Waals surface area contributed by atoms with E-state index >= 15 is 0 Å². The van der Waals surface area contributed by atoms with Crippen molar-refractivity contribution < 1.29 is 4.79 Å². The highest BCUT2D eigenvalue weighted by Crippen LogP contribution is 2.25. The Labute approximate surface area is 126 Å². The third-order valence-corrected chi connectivity index (χ3v) is 4.30. The van der Waals surface area contributed by atoms with Gasteiger partial charge in [0.2, 0.25) is 0 Å². The van der Waals surface area contributed by atoms with Crippen molar-refractivity contribution in [1.82, 2.24) is 14.5 Å². The van der Waals surface area contributed by atoms with Crippen LogP contribution in [0.3, 0.4) is 0 Å². The highest BCUT2D eigenvalue weighted by molar-refractivity contribution is 6.42. The second-order valence-corrected chi connectivity index (χ2v) is 5.67. The number of aryl methyl sites for hydroxylation is 1. The maximum absolute atomic E-state index is 12.5. The zero-order chi connectivity index (χ0) is 14.3. The first kappa shape index (κ1) is 13.5. The van der Waals surface area contributed by atoms with Gasteiger partial charge in [0, 0.05) is 25.6 Å². The van der Waals surface area contributed by atoms with Gasteiger partial charge in [0.1, 0.15) is 0 Å². The molecule has 0 saturated heterocycles. The predicted molar refractivity (Wildman–Crippen MR) is 78.1 cm³/mol. The van der Waals surface area contributed by atoms with Crippen LogP contribution >= 0.6 is 23.2 Å². The lowest BCUT2D eigenvalue weighted by Crippen LogP contribution is -2.36. The first-order chi connectivity index (χ1) is 9.56. The van der Waals surface area contributed by atoms with E-state index < -0.39 is 0 Å². The summed E-state index contributed by atoms with van der Waals surface area (Å²) >= 11 is 11.8. The van der Waals surface area contributed by atoms with E-state index in [1.165, 1.54) is 0 Å². The number of amides is 1. The Bertz CT molecular complexity index is 681. The summed E-state index contributed by atoms with van der Waals surface area (Å²) in [4.78, 5) is 18.6. The minimum atomic E-state index is -0.0320. The van der Waals surface area contributed by atoms with Crippen LogP contribution in [0.25, 0.3) is 0 Å². The topological polar surface area (TPSA) is 38.1 Å². The Morgan fingerprint density at radius 3 is 2.85 bits per heavy atom. The molecule has 2 heterocycles. The molecule has 0 spiro atoms. The minimum absolute atomic E-state index is 0.0320. The van der Waals surface area contributed by atoms with Gasteiger partial charge in [-0.15, -0.1) is 0 Å². The number of nitrogens with zero attached hydrogens (tertiary/aromatic N) is 3. The molecule has 3 rings (SSSR count). The van der Waals surface area contributed by atoms with Gasteiger partial charge in [-0.2, -0.15) is 0 Å². The number of benzene rings is 1. The molecular weight excluding hydrogens is 297 g/mol. The summed E-state index contributed by atoms with van der Waals surface area (Å²) < 4.78 is 1.96. The number of halogens is 2. The maximum atomic E-state index is 12.5. The Balaban J connectivity index is 1.85. The minimum Gasteiger partial charge on any atom is -0.336 e. The highest BCUT2D eigenvalue weighted by atomic mass is 35.5. The highest BCUT2D eigenvalue weighted by Gasteiger charge is 2.24. The van der Waals surface area contributed by atoms with Crippen molar-refractivity contribution in [2.45, 2.75) is 13.0 Å². The molecule has 20 heavy (non-hydrogen) atoms. The Kier molecular flexibility index (Phi) is 3.44. The lowest BCUT2D eigenvalue weighted by molar-refractivity contribution is 0.0730. The number of rotatable bonds is 1. The van der Waals surface area contributed by atoms with E-state index in [4.69, 9.17) is 23.2 Å². The molecule has 0 saturated carbocycles. The Morgan fingerprint density at radius 1 is 1.30 bits per heavy atom. The van der Waals surface area contributed by atoms with Crippen LogP contribution in [0.15, 0.2) is 24.5 Å². The van der Waals surface area contributed by atoms with Crippen molar-refractivity contribution in [1.29, 1.82) is 0 Å². The third-order valence-electron chi connectivity index (χ3n) is 3.56. The van der Waals surface area contributed by atoms with Crippen LogP contribution in [-0.2, 0) is 20.0 Å². The first-order valence-electron chi connectivity index (χ1n) is 6.29. The number of hydrogen-bond acceptors (Lipinski definition) is 2. The van der Waals surface area contributed by atoms with E-state index in [-0.39, 0.29) is 5.91 Å². The van der Waals surface area contributed by atoms with Gasteiger partial charge in [-0.25, -0.2) is 4.98 Å². The van der Waals surface area contributed by atoms with E-state index in [1.54, 1.807) is 24.5 Å². The van der Waals surface area contributed by atoms with Crippen LogP contribution in [0.1, 0.15) is 21.7 Å². The molecule has 104 valence electrons. The molecule has 0 N–H and O–H groups in total. The number of carbonyl (C=O) groups excluding carboxylic acids is 1. The molecule has 0 fully saturated rings. The van der Waals surface area contributed by atoms with Crippen molar-refractivity contribution in [3.8, 4) is 0 Å². The molecule has 0 aliphatic carbocycles. The Morgan fingerprint density at radius 2 is 2.10 bits per heavy atom. The zero-order valence-electron chi connectivity index (χ0n) is 10.9. The van der Waals surface area contributed by atoms with Gasteiger partial charge in [-0.3, -0.25) is 4.79 Å². The summed E-state index contributed by atoms with van der Waals surface area (Å²) in [6.07, 6.45) is 2.57. The monoisotopic (exact) mass is 309 g/mol. The number of aromatic nitrogens is 2. The van der Waals surface area contributed by atoms with Crippen molar-refractivity contribution in [3.63, 3.8) is 0 Å². The quantitative estimate of drug-likeness (QED) is 0.812. The van der Waals surface area contributed by atoms with Crippen LogP contribution in [-0.4, -0.2) is 26.9 Å². The normalized spacial score (nSPS) is 14.2. The molecule has 1 aromatic heterocycles. The molecule has 1 aliphatic heterocycles. The molecule has 0 atom stereocenters. The van der Waals surface area contributed by atoms with Gasteiger partial charge in [0.05, 0.1) is 34.3 Å². The fourth-order valence-electron chi connectivity index (χ4n) is 2.40. The molecule has 2 aromatic rings. The SMILES string of the molecule is Cn1cnc2c1CN(C(=O)c1ccc(Cl)c(Cl)c1)CC2. The van der Waals surface area contributed by atoms with Crippen molar-refractivity contribution in [3.05, 3.63) is 51.5 Å². The average molecular weight is 310 g/mol. The Hall–Kier alpha value is -1.52. The van der Waals surface area contributed by atoms with Gasteiger partial charge in [0.15, 0.2) is 0 Å². The van der Waals surface area contributed by atoms with E-state index in [9.17, 15) is 4.79 Å². The van der Waals surface area contributed by atoms with Crippen molar-refractivity contribution >= 4 is 29.1 Å². The number of hydrogen-bond donors (Lipinski definition) is 0. The van der Waals surface area contributed by atoms with Gasteiger partial charge in [-0.05, 0) is 18.2 Å². The number of carbonyl (C=O) groups is 1. The molecule has 1 amide bonds. The molecule has 0 unspecified atom stereocenters. The second-order valence-electron chi connectivity index (χ2n) is 4.85. The summed E-state index contributed by atoms with van der Waals surface area (Å²) in [5.74, 6) is -0.0320. The van der Waals surface area contributed by atoms with Crippen LogP contribution in [0.2, 0.25) is 10.0 Å². The smallest absolute Gasteiger partial charge is 0.254 e. The van der Waals surface area contributed by atoms with E-state index in [0.29, 0.717) is 28.7 Å². The fraction of sp³-hybridized carbons (Fsp3) is 0.286. The molecule has 6 heteroatoms. The average Bonchev–Trinajstić information content (AvgIpc) is 2.82. The summed E-state index contributed by atoms with van der Waals surface area (Å²) in [5, 5.41) is 0.853. The molecular formula is C14H13Cl2N3O. The fourth-order valence-corrected chi connectivity index (χ4v) is 2.70. The van der Waals surface area contributed by atoms with Gasteiger partial charge >= 0.3 is 0 Å². The largest absolute Gasteiger partial charge is 0.336 e. The molecule has 1 aliphatic rings. The predicted octanol–water partition coefficient (Wildman–Crippen LogP) is 2.93. The molecule has 0 bridgehead atoms.